The quantitative estimate of drug-likeness (QED) is 0.864. The normalized spacial score (nSPS) is 10.3. The molecule has 0 bridgehead atoms. The molecule has 0 unspecified atom stereocenters. The third-order valence-corrected chi connectivity index (χ3v) is 3.03. The molecule has 0 atom stereocenters. The van der Waals surface area contributed by atoms with Crippen LogP contribution in [0.4, 0.5) is 5.69 Å². The average molecular weight is 257 g/mol. The maximum atomic E-state index is 9.29. The molecule has 3 heteroatoms. The van der Waals surface area contributed by atoms with E-state index in [-0.39, 0.29) is 6.61 Å². The van der Waals surface area contributed by atoms with Crippen LogP contribution in [0.15, 0.2) is 42.5 Å². The minimum absolute atomic E-state index is 0.0247. The molecule has 0 saturated heterocycles. The van der Waals surface area contributed by atoms with Crippen molar-refractivity contribution in [2.75, 3.05) is 12.4 Å². The van der Waals surface area contributed by atoms with Crippen molar-refractivity contribution in [3.63, 3.8) is 0 Å². The molecule has 0 aliphatic rings. The first-order valence-corrected chi connectivity index (χ1v) is 6.30. The zero-order valence-electron chi connectivity index (χ0n) is 11.3. The summed E-state index contributed by atoms with van der Waals surface area (Å²) in [5.74, 6) is 0.712. The number of aliphatic hydroxyl groups excluding tert-OH is 1. The first-order valence-electron chi connectivity index (χ1n) is 6.30. The van der Waals surface area contributed by atoms with Crippen molar-refractivity contribution in [1.82, 2.24) is 0 Å². The molecule has 0 radical (unpaired) electrons. The predicted molar refractivity (Wildman–Crippen MR) is 77.4 cm³/mol. The molecule has 2 rings (SSSR count). The Kier molecular flexibility index (Phi) is 4.42. The Labute approximate surface area is 113 Å². The summed E-state index contributed by atoms with van der Waals surface area (Å²) in [6.07, 6.45) is 0. The van der Waals surface area contributed by atoms with Crippen LogP contribution in [0.25, 0.3) is 0 Å². The second kappa shape index (κ2) is 6.25. The third-order valence-electron chi connectivity index (χ3n) is 3.03. The highest BCUT2D eigenvalue weighted by molar-refractivity contribution is 5.51. The number of methoxy groups -OCH3 is 1. The lowest BCUT2D eigenvalue weighted by Crippen LogP contribution is -2.01. The molecule has 0 aliphatic carbocycles. The molecule has 2 aromatic rings. The Morgan fingerprint density at radius 3 is 2.68 bits per heavy atom. The fourth-order valence-corrected chi connectivity index (χ4v) is 2.04. The van der Waals surface area contributed by atoms with Crippen molar-refractivity contribution >= 4 is 5.69 Å². The van der Waals surface area contributed by atoms with Gasteiger partial charge in [0.15, 0.2) is 0 Å². The van der Waals surface area contributed by atoms with Crippen LogP contribution in [0.3, 0.4) is 0 Å². The van der Waals surface area contributed by atoms with Crippen LogP contribution in [-0.2, 0) is 13.2 Å². The molecule has 0 spiro atoms. The Bertz CT molecular complexity index is 552. The Hall–Kier alpha value is -2.00. The molecule has 3 nitrogen and oxygen atoms in total. The van der Waals surface area contributed by atoms with Gasteiger partial charge in [-0.3, -0.25) is 0 Å². The molecule has 0 aromatic heterocycles. The van der Waals surface area contributed by atoms with E-state index in [9.17, 15) is 5.11 Å². The number of nitrogens with one attached hydrogen (secondary N) is 1. The smallest absolute Gasteiger partial charge is 0.124 e. The monoisotopic (exact) mass is 257 g/mol. The number of hydrogen-bond acceptors (Lipinski definition) is 3. The van der Waals surface area contributed by atoms with E-state index in [4.69, 9.17) is 4.74 Å². The fourth-order valence-electron chi connectivity index (χ4n) is 2.04. The van der Waals surface area contributed by atoms with E-state index in [2.05, 4.69) is 36.5 Å². The summed E-state index contributed by atoms with van der Waals surface area (Å²) in [6, 6.07) is 14.1. The molecule has 2 N–H and O–H groups in total. The van der Waals surface area contributed by atoms with Gasteiger partial charge in [0, 0.05) is 17.8 Å². The van der Waals surface area contributed by atoms with Gasteiger partial charge in [-0.25, -0.2) is 0 Å². The molecule has 2 aromatic carbocycles. The lowest BCUT2D eigenvalue weighted by atomic mass is 10.1. The fraction of sp³-hybridized carbons (Fsp3) is 0.250. The number of anilines is 1. The van der Waals surface area contributed by atoms with Crippen LogP contribution in [0.2, 0.25) is 0 Å². The number of aryl methyl sites for hydroxylation is 1. The van der Waals surface area contributed by atoms with Crippen LogP contribution >= 0.6 is 0 Å². The predicted octanol–water partition coefficient (Wildman–Crippen LogP) is 3.11. The van der Waals surface area contributed by atoms with E-state index in [1.54, 1.807) is 7.11 Å². The zero-order chi connectivity index (χ0) is 13.7. The van der Waals surface area contributed by atoms with Crippen LogP contribution in [-0.4, -0.2) is 12.2 Å². The van der Waals surface area contributed by atoms with Gasteiger partial charge in [0.05, 0.1) is 13.7 Å². The number of rotatable bonds is 5. The highest BCUT2D eigenvalue weighted by Crippen LogP contribution is 2.23. The lowest BCUT2D eigenvalue weighted by Gasteiger charge is -2.11. The van der Waals surface area contributed by atoms with Gasteiger partial charge in [-0.2, -0.15) is 0 Å². The summed E-state index contributed by atoms with van der Waals surface area (Å²) < 4.78 is 5.18. The second-order valence-electron chi connectivity index (χ2n) is 4.53. The molecular weight excluding hydrogens is 238 g/mol. The zero-order valence-corrected chi connectivity index (χ0v) is 11.3. The van der Waals surface area contributed by atoms with Crippen LogP contribution in [0.1, 0.15) is 16.7 Å². The third kappa shape index (κ3) is 3.48. The number of benzene rings is 2. The lowest BCUT2D eigenvalue weighted by molar-refractivity contribution is 0.274. The standard InChI is InChI=1S/C16H19NO2/c1-12-4-3-5-13(8-12)10-17-15-6-7-16(19-2)14(9-15)11-18/h3-9,17-18H,10-11H2,1-2H3. The SMILES string of the molecule is COc1ccc(NCc2cccc(C)c2)cc1CO. The number of ether oxygens (including phenoxy) is 1. The molecule has 0 saturated carbocycles. The van der Waals surface area contributed by atoms with Gasteiger partial charge in [-0.15, -0.1) is 0 Å². The molecule has 0 amide bonds. The van der Waals surface area contributed by atoms with Gasteiger partial charge in [0.1, 0.15) is 5.75 Å². The van der Waals surface area contributed by atoms with Gasteiger partial charge in [0.25, 0.3) is 0 Å². The van der Waals surface area contributed by atoms with Crippen LogP contribution in [0.5, 0.6) is 5.75 Å². The van der Waals surface area contributed by atoms with Crippen molar-refractivity contribution in [1.29, 1.82) is 0 Å². The van der Waals surface area contributed by atoms with E-state index in [1.165, 1.54) is 11.1 Å². The molecule has 100 valence electrons. The second-order valence-corrected chi connectivity index (χ2v) is 4.53. The van der Waals surface area contributed by atoms with Gasteiger partial charge >= 0.3 is 0 Å². The van der Waals surface area contributed by atoms with Crippen molar-refractivity contribution in [2.45, 2.75) is 20.1 Å². The largest absolute Gasteiger partial charge is 0.496 e. The number of hydrogen-bond donors (Lipinski definition) is 2. The van der Waals surface area contributed by atoms with Gasteiger partial charge < -0.3 is 15.2 Å². The Balaban J connectivity index is 2.07. The van der Waals surface area contributed by atoms with Crippen molar-refractivity contribution in [3.05, 3.63) is 59.2 Å². The highest BCUT2D eigenvalue weighted by atomic mass is 16.5. The van der Waals surface area contributed by atoms with E-state index < -0.39 is 0 Å². The minimum Gasteiger partial charge on any atom is -0.496 e. The minimum atomic E-state index is -0.0247. The summed E-state index contributed by atoms with van der Waals surface area (Å²) in [6.45, 7) is 2.82. The van der Waals surface area contributed by atoms with E-state index in [0.29, 0.717) is 5.75 Å². The summed E-state index contributed by atoms with van der Waals surface area (Å²) in [4.78, 5) is 0. The average Bonchev–Trinajstić information content (AvgIpc) is 2.45. The molecule has 0 heterocycles. The van der Waals surface area contributed by atoms with E-state index in [1.807, 2.05) is 18.2 Å². The van der Waals surface area contributed by atoms with Crippen molar-refractivity contribution in [3.8, 4) is 5.75 Å². The summed E-state index contributed by atoms with van der Waals surface area (Å²) in [5.41, 5.74) is 4.26. The van der Waals surface area contributed by atoms with Gasteiger partial charge in [-0.1, -0.05) is 29.8 Å². The first kappa shape index (κ1) is 13.4. The molecular formula is C16H19NO2. The number of aliphatic hydroxyl groups is 1. The molecule has 0 aliphatic heterocycles. The Morgan fingerprint density at radius 1 is 1.16 bits per heavy atom. The summed E-state index contributed by atoms with van der Waals surface area (Å²) >= 11 is 0. The maximum Gasteiger partial charge on any atom is 0.124 e. The highest BCUT2D eigenvalue weighted by Gasteiger charge is 2.03. The maximum absolute atomic E-state index is 9.29. The van der Waals surface area contributed by atoms with E-state index >= 15 is 0 Å². The van der Waals surface area contributed by atoms with E-state index in [0.717, 1.165) is 17.8 Å². The summed E-state index contributed by atoms with van der Waals surface area (Å²) in [5, 5.41) is 12.6. The molecule has 0 fully saturated rings. The van der Waals surface area contributed by atoms with Crippen LogP contribution < -0.4 is 10.1 Å². The van der Waals surface area contributed by atoms with Gasteiger partial charge in [0.2, 0.25) is 0 Å². The Morgan fingerprint density at radius 2 is 2.00 bits per heavy atom. The van der Waals surface area contributed by atoms with Gasteiger partial charge in [-0.05, 0) is 30.7 Å². The topological polar surface area (TPSA) is 41.5 Å². The molecule has 19 heavy (non-hydrogen) atoms. The van der Waals surface area contributed by atoms with Crippen molar-refractivity contribution < 1.29 is 9.84 Å². The summed E-state index contributed by atoms with van der Waals surface area (Å²) in [7, 11) is 1.61. The first-order chi connectivity index (χ1) is 9.22. The van der Waals surface area contributed by atoms with Crippen molar-refractivity contribution in [2.24, 2.45) is 0 Å². The van der Waals surface area contributed by atoms with Crippen LogP contribution in [0, 0.1) is 6.92 Å².